The summed E-state index contributed by atoms with van der Waals surface area (Å²) >= 11 is 4.31. The molecule has 0 radical (unpaired) electrons. The fraction of sp³-hybridized carbons (Fsp3) is 0. The Balaban J connectivity index is 2.86. The number of carbonyl (C=O) groups excluding carboxylic acids is 1. The maximum atomic E-state index is 10.6. The van der Waals surface area contributed by atoms with E-state index in [-0.39, 0.29) is 0 Å². The van der Waals surface area contributed by atoms with Gasteiger partial charge in [0.05, 0.1) is 0 Å². The van der Waals surface area contributed by atoms with Gasteiger partial charge >= 0.3 is 0 Å². The van der Waals surface area contributed by atoms with E-state index < -0.39 is 0 Å². The van der Waals surface area contributed by atoms with Crippen LogP contribution in [0, 0.1) is 0 Å². The van der Waals surface area contributed by atoms with Crippen molar-refractivity contribution < 1.29 is 4.79 Å². The summed E-state index contributed by atoms with van der Waals surface area (Å²) in [6.45, 7) is 0. The summed E-state index contributed by atoms with van der Waals surface area (Å²) in [4.78, 5) is 11.4. The molecule has 2 aromatic carbocycles. The second-order valence-corrected chi connectivity index (χ2v) is 3.29. The van der Waals surface area contributed by atoms with Gasteiger partial charge in [0.2, 0.25) is 0 Å². The largest absolute Gasteiger partial charge is 0.298 e. The van der Waals surface area contributed by atoms with Gasteiger partial charge in [-0.25, -0.2) is 0 Å². The van der Waals surface area contributed by atoms with Crippen LogP contribution in [0.25, 0.3) is 10.8 Å². The Morgan fingerprint density at radius 3 is 2.62 bits per heavy atom. The number of rotatable bonds is 1. The van der Waals surface area contributed by atoms with Gasteiger partial charge in [-0.05, 0) is 16.8 Å². The molecule has 64 valence electrons. The van der Waals surface area contributed by atoms with Crippen LogP contribution in [0.3, 0.4) is 0 Å². The van der Waals surface area contributed by atoms with Crippen LogP contribution in [0.2, 0.25) is 0 Å². The SMILES string of the molecule is O=Cc1ccc2ccccc2c1S. The number of aldehydes is 1. The molecular weight excluding hydrogens is 180 g/mol. The van der Waals surface area contributed by atoms with Crippen LogP contribution in [0.5, 0.6) is 0 Å². The number of carbonyl (C=O) groups is 1. The van der Waals surface area contributed by atoms with Crippen molar-refractivity contribution in [1.29, 1.82) is 0 Å². The van der Waals surface area contributed by atoms with E-state index in [2.05, 4.69) is 12.6 Å². The molecule has 0 aliphatic rings. The number of benzene rings is 2. The van der Waals surface area contributed by atoms with Crippen molar-refractivity contribution in [2.24, 2.45) is 0 Å². The van der Waals surface area contributed by atoms with Crippen LogP contribution in [0.1, 0.15) is 10.4 Å². The number of fused-ring (bicyclic) bond motifs is 1. The Labute approximate surface area is 81.8 Å². The Hall–Kier alpha value is -1.28. The number of hydrogen-bond donors (Lipinski definition) is 1. The fourth-order valence-electron chi connectivity index (χ4n) is 1.37. The summed E-state index contributed by atoms with van der Waals surface area (Å²) in [5.41, 5.74) is 0.641. The standard InChI is InChI=1S/C11H8OS/c12-7-9-6-5-8-3-1-2-4-10(8)11(9)13/h1-7,13H. The Kier molecular flexibility index (Phi) is 2.07. The van der Waals surface area contributed by atoms with Crippen LogP contribution < -0.4 is 0 Å². The molecule has 0 fully saturated rings. The zero-order chi connectivity index (χ0) is 9.26. The summed E-state index contributed by atoms with van der Waals surface area (Å²) in [5, 5.41) is 2.13. The molecule has 13 heavy (non-hydrogen) atoms. The molecule has 0 bridgehead atoms. The first kappa shape index (κ1) is 8.32. The van der Waals surface area contributed by atoms with Gasteiger partial charge in [0.1, 0.15) is 0 Å². The van der Waals surface area contributed by atoms with Crippen molar-refractivity contribution in [1.82, 2.24) is 0 Å². The van der Waals surface area contributed by atoms with Crippen LogP contribution in [-0.4, -0.2) is 6.29 Å². The summed E-state index contributed by atoms with van der Waals surface area (Å²) in [6.07, 6.45) is 0.828. The summed E-state index contributed by atoms with van der Waals surface area (Å²) in [6, 6.07) is 11.6. The first-order valence-corrected chi connectivity index (χ1v) is 4.43. The third kappa shape index (κ3) is 1.33. The molecule has 0 spiro atoms. The van der Waals surface area contributed by atoms with Gasteiger partial charge in [-0.2, -0.15) is 0 Å². The van der Waals surface area contributed by atoms with Crippen LogP contribution in [0.15, 0.2) is 41.3 Å². The van der Waals surface area contributed by atoms with Gasteiger partial charge in [-0.15, -0.1) is 12.6 Å². The normalized spacial score (nSPS) is 10.2. The van der Waals surface area contributed by atoms with E-state index in [0.29, 0.717) is 5.56 Å². The Morgan fingerprint density at radius 2 is 1.85 bits per heavy atom. The van der Waals surface area contributed by atoms with Gasteiger partial charge in [0.15, 0.2) is 6.29 Å². The minimum absolute atomic E-state index is 0.641. The topological polar surface area (TPSA) is 17.1 Å². The van der Waals surface area contributed by atoms with Crippen molar-refractivity contribution in [3.8, 4) is 0 Å². The molecule has 0 aliphatic carbocycles. The lowest BCUT2D eigenvalue weighted by Crippen LogP contribution is -1.83. The van der Waals surface area contributed by atoms with E-state index in [1.165, 1.54) is 0 Å². The molecule has 2 rings (SSSR count). The fourth-order valence-corrected chi connectivity index (χ4v) is 1.70. The van der Waals surface area contributed by atoms with Crippen molar-refractivity contribution in [2.45, 2.75) is 4.90 Å². The molecule has 0 heterocycles. The highest BCUT2D eigenvalue weighted by molar-refractivity contribution is 7.80. The average Bonchev–Trinajstić information content (AvgIpc) is 2.19. The number of thiol groups is 1. The summed E-state index contributed by atoms with van der Waals surface area (Å²) < 4.78 is 0. The minimum Gasteiger partial charge on any atom is -0.298 e. The molecule has 1 nitrogen and oxygen atoms in total. The molecule has 2 heteroatoms. The van der Waals surface area contributed by atoms with Crippen LogP contribution in [0.4, 0.5) is 0 Å². The zero-order valence-corrected chi connectivity index (χ0v) is 7.79. The third-order valence-electron chi connectivity index (χ3n) is 2.06. The Bertz CT molecular complexity index is 463. The predicted octanol–water partition coefficient (Wildman–Crippen LogP) is 2.94. The molecule has 0 aliphatic heterocycles. The smallest absolute Gasteiger partial charge is 0.151 e. The maximum Gasteiger partial charge on any atom is 0.151 e. The molecule has 0 saturated carbocycles. The van der Waals surface area contributed by atoms with Gasteiger partial charge in [-0.3, -0.25) is 4.79 Å². The lowest BCUT2D eigenvalue weighted by atomic mass is 10.1. The molecule has 0 N–H and O–H groups in total. The van der Waals surface area contributed by atoms with E-state index in [1.807, 2.05) is 30.3 Å². The molecule has 0 saturated heterocycles. The van der Waals surface area contributed by atoms with Crippen LogP contribution in [-0.2, 0) is 0 Å². The first-order valence-electron chi connectivity index (χ1n) is 3.99. The highest BCUT2D eigenvalue weighted by atomic mass is 32.1. The lowest BCUT2D eigenvalue weighted by Gasteiger charge is -2.02. The molecule has 0 amide bonds. The summed E-state index contributed by atoms with van der Waals surface area (Å²) in [5.74, 6) is 0. The molecule has 0 unspecified atom stereocenters. The lowest BCUT2D eigenvalue weighted by molar-refractivity contribution is 0.112. The van der Waals surface area contributed by atoms with Crippen LogP contribution >= 0.6 is 12.6 Å². The predicted molar refractivity (Wildman–Crippen MR) is 56.6 cm³/mol. The monoisotopic (exact) mass is 188 g/mol. The van der Waals surface area contributed by atoms with E-state index in [9.17, 15) is 4.79 Å². The van der Waals surface area contributed by atoms with E-state index in [1.54, 1.807) is 6.07 Å². The van der Waals surface area contributed by atoms with Gasteiger partial charge < -0.3 is 0 Å². The molecular formula is C11H8OS. The van der Waals surface area contributed by atoms with Gasteiger partial charge in [0.25, 0.3) is 0 Å². The number of hydrogen-bond acceptors (Lipinski definition) is 2. The first-order chi connectivity index (χ1) is 6.33. The third-order valence-corrected chi connectivity index (χ3v) is 2.56. The second kappa shape index (κ2) is 3.23. The van der Waals surface area contributed by atoms with Gasteiger partial charge in [0, 0.05) is 10.5 Å². The molecule has 0 atom stereocenters. The van der Waals surface area contributed by atoms with Crippen molar-refractivity contribution in [3.05, 3.63) is 42.0 Å². The second-order valence-electron chi connectivity index (χ2n) is 2.84. The molecule has 0 aromatic heterocycles. The maximum absolute atomic E-state index is 10.6. The van der Waals surface area contributed by atoms with Crippen molar-refractivity contribution >= 4 is 29.7 Å². The van der Waals surface area contributed by atoms with E-state index in [0.717, 1.165) is 22.0 Å². The highest BCUT2D eigenvalue weighted by Gasteiger charge is 2.01. The Morgan fingerprint density at radius 1 is 1.08 bits per heavy atom. The average molecular weight is 188 g/mol. The van der Waals surface area contributed by atoms with E-state index >= 15 is 0 Å². The zero-order valence-electron chi connectivity index (χ0n) is 6.90. The minimum atomic E-state index is 0.641. The van der Waals surface area contributed by atoms with Crippen molar-refractivity contribution in [3.63, 3.8) is 0 Å². The van der Waals surface area contributed by atoms with Gasteiger partial charge in [-0.1, -0.05) is 30.3 Å². The highest BCUT2D eigenvalue weighted by Crippen LogP contribution is 2.24. The summed E-state index contributed by atoms with van der Waals surface area (Å²) in [7, 11) is 0. The van der Waals surface area contributed by atoms with Crippen molar-refractivity contribution in [2.75, 3.05) is 0 Å². The quantitative estimate of drug-likeness (QED) is 0.538. The molecule has 2 aromatic rings. The van der Waals surface area contributed by atoms with E-state index in [4.69, 9.17) is 0 Å².